The molecule has 0 aliphatic carbocycles. The lowest BCUT2D eigenvalue weighted by atomic mass is 10.0. The van der Waals surface area contributed by atoms with E-state index in [1.165, 1.54) is 12.8 Å². The highest BCUT2D eigenvalue weighted by Crippen LogP contribution is 2.23. The van der Waals surface area contributed by atoms with Crippen LogP contribution in [0.2, 0.25) is 10.0 Å². The van der Waals surface area contributed by atoms with E-state index < -0.39 is 0 Å². The molecule has 4 heteroatoms. The van der Waals surface area contributed by atoms with Crippen molar-refractivity contribution in [1.82, 2.24) is 4.90 Å². The number of nitrogens with zero attached hydrogens (tertiary/aromatic N) is 1. The van der Waals surface area contributed by atoms with Crippen LogP contribution in [0.4, 0.5) is 0 Å². The molecule has 0 aromatic heterocycles. The Morgan fingerprint density at radius 3 is 2.41 bits per heavy atom. The van der Waals surface area contributed by atoms with Gasteiger partial charge in [-0.1, -0.05) is 47.5 Å². The summed E-state index contributed by atoms with van der Waals surface area (Å²) >= 11 is 12.3. The van der Waals surface area contributed by atoms with Gasteiger partial charge in [0.25, 0.3) is 0 Å². The summed E-state index contributed by atoms with van der Waals surface area (Å²) in [4.78, 5) is 14.9. The maximum absolute atomic E-state index is 12.5. The van der Waals surface area contributed by atoms with Gasteiger partial charge >= 0.3 is 0 Å². The molecule has 0 atom stereocenters. The van der Waals surface area contributed by atoms with Gasteiger partial charge in [0.1, 0.15) is 0 Å². The van der Waals surface area contributed by atoms with Crippen LogP contribution in [-0.4, -0.2) is 23.8 Å². The molecule has 1 fully saturated rings. The zero-order valence-corrected chi connectivity index (χ0v) is 13.7. The third-order valence-electron chi connectivity index (χ3n) is 3.99. The largest absolute Gasteiger partial charge is 0.299 e. The average Bonchev–Trinajstić information content (AvgIpc) is 3.01. The molecule has 0 N–H and O–H groups in total. The summed E-state index contributed by atoms with van der Waals surface area (Å²) < 4.78 is 0. The molecule has 2 nitrogen and oxygen atoms in total. The minimum atomic E-state index is -0.0582. The minimum Gasteiger partial charge on any atom is -0.299 e. The molecule has 22 heavy (non-hydrogen) atoms. The van der Waals surface area contributed by atoms with Gasteiger partial charge < -0.3 is 0 Å². The number of ketones is 1. The first kappa shape index (κ1) is 15.5. The topological polar surface area (TPSA) is 20.3 Å². The molecule has 1 aliphatic heterocycles. The molecule has 0 spiro atoms. The number of hydrogen-bond acceptors (Lipinski definition) is 2. The lowest BCUT2D eigenvalue weighted by Crippen LogP contribution is -2.18. The van der Waals surface area contributed by atoms with Crippen LogP contribution in [0.5, 0.6) is 0 Å². The Morgan fingerprint density at radius 2 is 1.73 bits per heavy atom. The highest BCUT2D eigenvalue weighted by Gasteiger charge is 2.15. The fourth-order valence-corrected chi connectivity index (χ4v) is 3.23. The maximum Gasteiger partial charge on any atom is 0.193 e. The summed E-state index contributed by atoms with van der Waals surface area (Å²) in [6.45, 7) is 3.10. The standard InChI is InChI=1S/C18H17Cl2NO/c19-16-5-3-4-13(10-16)18(22)14-6-7-15(17(20)11-14)12-21-8-1-2-9-21/h3-7,10-11H,1-2,8-9,12H2. The van der Waals surface area contributed by atoms with Gasteiger partial charge in [-0.25, -0.2) is 0 Å². The Bertz CT molecular complexity index is 693. The normalized spacial score (nSPS) is 15.2. The Kier molecular flexibility index (Phi) is 4.82. The lowest BCUT2D eigenvalue weighted by molar-refractivity contribution is 0.103. The smallest absolute Gasteiger partial charge is 0.193 e. The van der Waals surface area contributed by atoms with Crippen molar-refractivity contribution in [3.05, 3.63) is 69.2 Å². The van der Waals surface area contributed by atoms with E-state index in [0.29, 0.717) is 21.2 Å². The summed E-state index contributed by atoms with van der Waals surface area (Å²) in [6, 6.07) is 12.5. The van der Waals surface area contributed by atoms with Gasteiger partial charge in [0.15, 0.2) is 5.78 Å². The van der Waals surface area contributed by atoms with Gasteiger partial charge in [-0.05, 0) is 49.7 Å². The molecular formula is C18H17Cl2NO. The predicted molar refractivity (Wildman–Crippen MR) is 90.8 cm³/mol. The molecule has 0 saturated carbocycles. The van der Waals surface area contributed by atoms with Gasteiger partial charge in [0.05, 0.1) is 0 Å². The Morgan fingerprint density at radius 1 is 1.00 bits per heavy atom. The predicted octanol–water partition coefficient (Wildman–Crippen LogP) is 4.82. The van der Waals surface area contributed by atoms with Crippen LogP contribution >= 0.6 is 23.2 Å². The number of rotatable bonds is 4. The molecule has 1 saturated heterocycles. The Hall–Kier alpha value is -1.35. The second-order valence-corrected chi connectivity index (χ2v) is 6.47. The second-order valence-electron chi connectivity index (χ2n) is 5.63. The van der Waals surface area contributed by atoms with E-state index in [4.69, 9.17) is 23.2 Å². The van der Waals surface area contributed by atoms with Crippen LogP contribution in [0.3, 0.4) is 0 Å². The number of likely N-dealkylation sites (tertiary alicyclic amines) is 1. The first-order chi connectivity index (χ1) is 10.6. The van der Waals surface area contributed by atoms with Gasteiger partial charge in [0.2, 0.25) is 0 Å². The molecule has 3 rings (SSSR count). The maximum atomic E-state index is 12.5. The summed E-state index contributed by atoms with van der Waals surface area (Å²) in [5, 5.41) is 1.21. The van der Waals surface area contributed by atoms with Crippen LogP contribution in [0.15, 0.2) is 42.5 Å². The van der Waals surface area contributed by atoms with E-state index in [1.807, 2.05) is 12.1 Å². The van der Waals surface area contributed by atoms with Crippen molar-refractivity contribution in [2.24, 2.45) is 0 Å². The van der Waals surface area contributed by atoms with Crippen LogP contribution < -0.4 is 0 Å². The molecule has 1 heterocycles. The number of halogens is 2. The zero-order valence-electron chi connectivity index (χ0n) is 12.2. The lowest BCUT2D eigenvalue weighted by Gasteiger charge is -2.16. The molecule has 0 bridgehead atoms. The number of carbonyl (C=O) groups excluding carboxylic acids is 1. The third kappa shape index (κ3) is 3.52. The highest BCUT2D eigenvalue weighted by atomic mass is 35.5. The van der Waals surface area contributed by atoms with Crippen molar-refractivity contribution in [3.8, 4) is 0 Å². The first-order valence-corrected chi connectivity index (χ1v) is 8.20. The Balaban J connectivity index is 1.80. The monoisotopic (exact) mass is 333 g/mol. The van der Waals surface area contributed by atoms with Crippen LogP contribution in [0.1, 0.15) is 34.3 Å². The number of carbonyl (C=O) groups is 1. The van der Waals surface area contributed by atoms with Crippen molar-refractivity contribution < 1.29 is 4.79 Å². The fourth-order valence-electron chi connectivity index (χ4n) is 2.79. The molecule has 1 aliphatic rings. The summed E-state index contributed by atoms with van der Waals surface area (Å²) in [7, 11) is 0. The second kappa shape index (κ2) is 6.82. The molecule has 114 valence electrons. The number of benzene rings is 2. The summed E-state index contributed by atoms with van der Waals surface area (Å²) in [5.74, 6) is -0.0582. The fraction of sp³-hybridized carbons (Fsp3) is 0.278. The van der Waals surface area contributed by atoms with E-state index >= 15 is 0 Å². The molecule has 0 unspecified atom stereocenters. The van der Waals surface area contributed by atoms with Gasteiger partial charge in [0, 0.05) is 27.7 Å². The third-order valence-corrected chi connectivity index (χ3v) is 4.58. The van der Waals surface area contributed by atoms with Gasteiger partial charge in [-0.15, -0.1) is 0 Å². The van der Waals surface area contributed by atoms with E-state index in [-0.39, 0.29) is 5.78 Å². The van der Waals surface area contributed by atoms with Crippen LogP contribution in [0, 0.1) is 0 Å². The molecule has 2 aromatic carbocycles. The molecular weight excluding hydrogens is 317 g/mol. The summed E-state index contributed by atoms with van der Waals surface area (Å²) in [5.41, 5.74) is 2.25. The van der Waals surface area contributed by atoms with Crippen molar-refractivity contribution >= 4 is 29.0 Å². The average molecular weight is 334 g/mol. The molecule has 2 aromatic rings. The van der Waals surface area contributed by atoms with E-state index in [0.717, 1.165) is 25.2 Å². The van der Waals surface area contributed by atoms with Crippen LogP contribution in [0.25, 0.3) is 0 Å². The highest BCUT2D eigenvalue weighted by molar-refractivity contribution is 6.32. The minimum absolute atomic E-state index is 0.0582. The SMILES string of the molecule is O=C(c1cccc(Cl)c1)c1ccc(CN2CCCC2)c(Cl)c1. The van der Waals surface area contributed by atoms with Gasteiger partial charge in [-0.3, -0.25) is 9.69 Å². The Labute approximate surface area is 140 Å². The van der Waals surface area contributed by atoms with E-state index in [1.54, 1.807) is 30.3 Å². The van der Waals surface area contributed by atoms with Crippen molar-refractivity contribution in [3.63, 3.8) is 0 Å². The number of hydrogen-bond donors (Lipinski definition) is 0. The van der Waals surface area contributed by atoms with E-state index in [9.17, 15) is 4.79 Å². The quantitative estimate of drug-likeness (QED) is 0.747. The van der Waals surface area contributed by atoms with Crippen molar-refractivity contribution in [1.29, 1.82) is 0 Å². The van der Waals surface area contributed by atoms with Crippen LogP contribution in [-0.2, 0) is 6.54 Å². The van der Waals surface area contributed by atoms with Gasteiger partial charge in [-0.2, -0.15) is 0 Å². The summed E-state index contributed by atoms with van der Waals surface area (Å²) in [6.07, 6.45) is 2.51. The molecule has 0 radical (unpaired) electrons. The van der Waals surface area contributed by atoms with E-state index in [2.05, 4.69) is 4.90 Å². The zero-order chi connectivity index (χ0) is 15.5. The van der Waals surface area contributed by atoms with Crippen molar-refractivity contribution in [2.45, 2.75) is 19.4 Å². The first-order valence-electron chi connectivity index (χ1n) is 7.44. The molecule has 0 amide bonds. The van der Waals surface area contributed by atoms with Crippen molar-refractivity contribution in [2.75, 3.05) is 13.1 Å².